The Morgan fingerprint density at radius 3 is 3.00 bits per heavy atom. The monoisotopic (exact) mass is 287 g/mol. The lowest BCUT2D eigenvalue weighted by Crippen LogP contribution is -2.03. The fourth-order valence-corrected chi connectivity index (χ4v) is 2.33. The first-order valence-electron chi connectivity index (χ1n) is 6.07. The zero-order chi connectivity index (χ0) is 14.1. The van der Waals surface area contributed by atoms with Crippen LogP contribution >= 0.6 is 12.2 Å². The summed E-state index contributed by atoms with van der Waals surface area (Å²) in [5.41, 5.74) is 3.70. The predicted octanol–water partition coefficient (Wildman–Crippen LogP) is 2.25. The standard InChI is InChI=1S/C13H13N5OS/c1-8-3-4-14-5-9(8)6-18-11-10(17-13(18)20)12(19-2)16-7-15-11/h3-5,7H,6H2,1-2H3,(H,17,20). The van der Waals surface area contributed by atoms with Crippen molar-refractivity contribution in [3.8, 4) is 5.88 Å². The first kappa shape index (κ1) is 12.7. The van der Waals surface area contributed by atoms with Crippen molar-refractivity contribution in [1.82, 2.24) is 24.5 Å². The highest BCUT2D eigenvalue weighted by molar-refractivity contribution is 7.71. The van der Waals surface area contributed by atoms with Crippen LogP contribution in [-0.2, 0) is 6.54 Å². The van der Waals surface area contributed by atoms with E-state index in [9.17, 15) is 0 Å². The fraction of sp³-hybridized carbons (Fsp3) is 0.231. The van der Waals surface area contributed by atoms with E-state index in [0.717, 1.165) is 16.8 Å². The number of hydrogen-bond acceptors (Lipinski definition) is 5. The zero-order valence-electron chi connectivity index (χ0n) is 11.1. The summed E-state index contributed by atoms with van der Waals surface area (Å²) < 4.78 is 7.72. The second kappa shape index (κ2) is 5.01. The lowest BCUT2D eigenvalue weighted by Gasteiger charge is -2.06. The van der Waals surface area contributed by atoms with Crippen LogP contribution in [0.1, 0.15) is 11.1 Å². The molecule has 0 saturated heterocycles. The summed E-state index contributed by atoms with van der Waals surface area (Å²) in [5, 5.41) is 0. The van der Waals surface area contributed by atoms with Crippen LogP contribution in [0.15, 0.2) is 24.8 Å². The van der Waals surface area contributed by atoms with E-state index in [2.05, 4.69) is 19.9 Å². The number of aromatic nitrogens is 5. The largest absolute Gasteiger partial charge is 0.479 e. The van der Waals surface area contributed by atoms with Gasteiger partial charge in [-0.3, -0.25) is 9.55 Å². The smallest absolute Gasteiger partial charge is 0.242 e. The number of methoxy groups -OCH3 is 1. The van der Waals surface area contributed by atoms with Gasteiger partial charge >= 0.3 is 0 Å². The van der Waals surface area contributed by atoms with E-state index in [-0.39, 0.29) is 0 Å². The van der Waals surface area contributed by atoms with E-state index in [1.54, 1.807) is 13.3 Å². The molecule has 7 heteroatoms. The van der Waals surface area contributed by atoms with Crippen molar-refractivity contribution in [2.24, 2.45) is 0 Å². The van der Waals surface area contributed by atoms with Crippen LogP contribution in [0, 0.1) is 11.7 Å². The number of imidazole rings is 1. The van der Waals surface area contributed by atoms with Crippen LogP contribution in [0.4, 0.5) is 0 Å². The number of aromatic amines is 1. The first-order chi connectivity index (χ1) is 9.70. The molecule has 102 valence electrons. The van der Waals surface area contributed by atoms with Crippen LogP contribution in [0.3, 0.4) is 0 Å². The van der Waals surface area contributed by atoms with Crippen molar-refractivity contribution in [1.29, 1.82) is 0 Å². The molecule has 0 atom stereocenters. The molecule has 0 aliphatic rings. The van der Waals surface area contributed by atoms with Gasteiger partial charge in [-0.25, -0.2) is 4.98 Å². The third-order valence-corrected chi connectivity index (χ3v) is 3.52. The summed E-state index contributed by atoms with van der Waals surface area (Å²) in [7, 11) is 1.57. The third-order valence-electron chi connectivity index (χ3n) is 3.19. The summed E-state index contributed by atoms with van der Waals surface area (Å²) >= 11 is 5.37. The minimum atomic E-state index is 0.489. The van der Waals surface area contributed by atoms with Crippen LogP contribution < -0.4 is 4.74 Å². The molecule has 0 saturated carbocycles. The Balaban J connectivity index is 2.15. The molecule has 0 spiro atoms. The Bertz CT molecular complexity index is 823. The lowest BCUT2D eigenvalue weighted by atomic mass is 10.1. The number of nitrogens with one attached hydrogen (secondary N) is 1. The highest BCUT2D eigenvalue weighted by atomic mass is 32.1. The van der Waals surface area contributed by atoms with Crippen LogP contribution in [0.25, 0.3) is 11.2 Å². The van der Waals surface area contributed by atoms with Gasteiger partial charge in [-0.15, -0.1) is 0 Å². The van der Waals surface area contributed by atoms with Crippen LogP contribution in [-0.4, -0.2) is 31.6 Å². The number of hydrogen-bond donors (Lipinski definition) is 1. The maximum Gasteiger partial charge on any atom is 0.242 e. The van der Waals surface area contributed by atoms with Gasteiger partial charge < -0.3 is 9.72 Å². The number of pyridine rings is 1. The van der Waals surface area contributed by atoms with Gasteiger partial charge in [0.15, 0.2) is 10.4 Å². The van der Waals surface area contributed by atoms with Crippen molar-refractivity contribution in [2.75, 3.05) is 7.11 Å². The van der Waals surface area contributed by atoms with Crippen LogP contribution in [0.2, 0.25) is 0 Å². The van der Waals surface area contributed by atoms with Gasteiger partial charge in [0, 0.05) is 12.4 Å². The van der Waals surface area contributed by atoms with Crippen molar-refractivity contribution in [3.63, 3.8) is 0 Å². The maximum atomic E-state index is 5.37. The van der Waals surface area contributed by atoms with E-state index < -0.39 is 0 Å². The minimum absolute atomic E-state index is 0.489. The minimum Gasteiger partial charge on any atom is -0.479 e. The molecule has 0 fully saturated rings. The number of ether oxygens (including phenoxy) is 1. The molecule has 3 aromatic rings. The Morgan fingerprint density at radius 2 is 2.25 bits per heavy atom. The summed E-state index contributed by atoms with van der Waals surface area (Å²) in [4.78, 5) is 15.6. The van der Waals surface area contributed by atoms with Crippen molar-refractivity contribution < 1.29 is 4.74 Å². The Morgan fingerprint density at radius 1 is 1.40 bits per heavy atom. The average Bonchev–Trinajstić information content (AvgIpc) is 2.77. The van der Waals surface area contributed by atoms with E-state index in [1.165, 1.54) is 6.33 Å². The molecule has 0 radical (unpaired) electrons. The fourth-order valence-electron chi connectivity index (χ4n) is 2.08. The average molecular weight is 287 g/mol. The van der Waals surface area contributed by atoms with Gasteiger partial charge in [-0.05, 0) is 36.3 Å². The van der Waals surface area contributed by atoms with Crippen molar-refractivity contribution in [3.05, 3.63) is 40.7 Å². The third kappa shape index (κ3) is 2.05. The predicted molar refractivity (Wildman–Crippen MR) is 77.3 cm³/mol. The quantitative estimate of drug-likeness (QED) is 0.748. The SMILES string of the molecule is COc1ncnc2c1[nH]c(=S)n2Cc1cnccc1C. The Kier molecular flexibility index (Phi) is 3.19. The molecule has 3 heterocycles. The van der Waals surface area contributed by atoms with Gasteiger partial charge in [0.1, 0.15) is 11.8 Å². The molecule has 1 N–H and O–H groups in total. The second-order valence-corrected chi connectivity index (χ2v) is 4.79. The molecular formula is C13H13N5OS. The second-order valence-electron chi connectivity index (χ2n) is 4.40. The summed E-state index contributed by atoms with van der Waals surface area (Å²) in [6, 6.07) is 1.98. The lowest BCUT2D eigenvalue weighted by molar-refractivity contribution is 0.401. The molecular weight excluding hydrogens is 274 g/mol. The topological polar surface area (TPSA) is 68.6 Å². The molecule has 6 nitrogen and oxygen atoms in total. The zero-order valence-corrected chi connectivity index (χ0v) is 11.9. The van der Waals surface area contributed by atoms with E-state index in [0.29, 0.717) is 22.7 Å². The first-order valence-corrected chi connectivity index (χ1v) is 6.48. The molecule has 0 aromatic carbocycles. The number of rotatable bonds is 3. The molecule has 0 aliphatic carbocycles. The maximum absolute atomic E-state index is 5.37. The van der Waals surface area contributed by atoms with Gasteiger partial charge in [0.2, 0.25) is 5.88 Å². The van der Waals surface area contributed by atoms with Gasteiger partial charge in [-0.1, -0.05) is 0 Å². The number of fused-ring (bicyclic) bond motifs is 1. The molecule has 3 aromatic heterocycles. The van der Waals surface area contributed by atoms with E-state index in [1.807, 2.05) is 23.8 Å². The van der Waals surface area contributed by atoms with Crippen molar-refractivity contribution >= 4 is 23.4 Å². The summed E-state index contributed by atoms with van der Waals surface area (Å²) in [5.74, 6) is 0.489. The van der Waals surface area contributed by atoms with E-state index >= 15 is 0 Å². The molecule has 0 amide bonds. The highest BCUT2D eigenvalue weighted by Gasteiger charge is 2.12. The van der Waals surface area contributed by atoms with E-state index in [4.69, 9.17) is 17.0 Å². The summed E-state index contributed by atoms with van der Waals surface area (Å²) in [6.45, 7) is 2.66. The van der Waals surface area contributed by atoms with Gasteiger partial charge in [-0.2, -0.15) is 4.98 Å². The molecule has 0 bridgehead atoms. The number of nitrogens with zero attached hydrogens (tertiary/aromatic N) is 4. The molecule has 20 heavy (non-hydrogen) atoms. The van der Waals surface area contributed by atoms with Gasteiger partial charge in [0.05, 0.1) is 13.7 Å². The van der Waals surface area contributed by atoms with Crippen LogP contribution in [0.5, 0.6) is 5.88 Å². The Labute approximate surface area is 120 Å². The van der Waals surface area contributed by atoms with Crippen molar-refractivity contribution in [2.45, 2.75) is 13.5 Å². The number of aryl methyl sites for hydroxylation is 1. The molecule has 0 unspecified atom stereocenters. The van der Waals surface area contributed by atoms with Gasteiger partial charge in [0.25, 0.3) is 0 Å². The molecule has 3 rings (SSSR count). The Hall–Kier alpha value is -2.28. The highest BCUT2D eigenvalue weighted by Crippen LogP contribution is 2.21. The normalized spacial score (nSPS) is 10.9. The molecule has 0 aliphatic heterocycles. The summed E-state index contributed by atoms with van der Waals surface area (Å²) in [6.07, 6.45) is 5.09. The number of H-pyrrole nitrogens is 1.